The molecular weight excluding hydrogens is 418 g/mol. The first-order valence-corrected chi connectivity index (χ1v) is 11.5. The van der Waals surface area contributed by atoms with Crippen molar-refractivity contribution in [3.63, 3.8) is 0 Å². The molecule has 2 aliphatic heterocycles. The van der Waals surface area contributed by atoms with Gasteiger partial charge in [-0.1, -0.05) is 0 Å². The maximum absolute atomic E-state index is 13.2. The minimum atomic E-state index is -1.66. The van der Waals surface area contributed by atoms with E-state index < -0.39 is 17.3 Å². The number of nitrogens with zero attached hydrogens (tertiary/aromatic N) is 3. The van der Waals surface area contributed by atoms with Gasteiger partial charge in [-0.05, 0) is 33.1 Å². The highest BCUT2D eigenvalue weighted by atomic mass is 32.2. The molecule has 1 amide bonds. The van der Waals surface area contributed by atoms with E-state index in [0.717, 1.165) is 12.8 Å². The molecule has 29 heavy (non-hydrogen) atoms. The summed E-state index contributed by atoms with van der Waals surface area (Å²) in [6.45, 7) is 5.92. The predicted octanol–water partition coefficient (Wildman–Crippen LogP) is 1.25. The highest BCUT2D eigenvalue weighted by molar-refractivity contribution is 8.02. The first kappa shape index (κ1) is 20.8. The zero-order valence-electron chi connectivity index (χ0n) is 16.8. The van der Waals surface area contributed by atoms with Crippen LogP contribution in [0.5, 0.6) is 0 Å². The molecule has 3 aliphatic rings. The molecule has 1 saturated carbocycles. The Bertz CT molecular complexity index is 856. The van der Waals surface area contributed by atoms with Gasteiger partial charge in [0.25, 0.3) is 5.91 Å². The van der Waals surface area contributed by atoms with Crippen LogP contribution in [-0.4, -0.2) is 73.2 Å². The maximum Gasteiger partial charge on any atom is 0.359 e. The minimum absolute atomic E-state index is 0.0456. The third kappa shape index (κ3) is 4.10. The zero-order chi connectivity index (χ0) is 20.8. The molecule has 4 rings (SSSR count). The van der Waals surface area contributed by atoms with Crippen LogP contribution in [0.2, 0.25) is 0 Å². The van der Waals surface area contributed by atoms with Crippen molar-refractivity contribution in [2.75, 3.05) is 32.9 Å². The van der Waals surface area contributed by atoms with Gasteiger partial charge in [-0.25, -0.2) is 4.79 Å². The van der Waals surface area contributed by atoms with Crippen molar-refractivity contribution in [2.24, 2.45) is 7.05 Å². The number of esters is 1. The van der Waals surface area contributed by atoms with E-state index in [1.54, 1.807) is 25.7 Å². The smallest absolute Gasteiger partial charge is 0.359 e. The van der Waals surface area contributed by atoms with Crippen molar-refractivity contribution < 1.29 is 26.9 Å². The molecule has 0 bridgehead atoms. The van der Waals surface area contributed by atoms with Crippen molar-refractivity contribution in [3.8, 4) is 0 Å². The van der Waals surface area contributed by atoms with E-state index in [1.807, 2.05) is 11.8 Å². The summed E-state index contributed by atoms with van der Waals surface area (Å²) in [5, 5.41) is 4.25. The molecule has 1 saturated heterocycles. The number of rotatable bonds is 6. The van der Waals surface area contributed by atoms with Gasteiger partial charge in [-0.15, -0.1) is 11.8 Å². The molecule has 1 aromatic heterocycles. The molecule has 160 valence electrons. The summed E-state index contributed by atoms with van der Waals surface area (Å²) in [7, 11) is 1.68. The maximum atomic E-state index is 13.2. The van der Waals surface area contributed by atoms with Crippen LogP contribution in [-0.2, 0) is 37.9 Å². The second-order valence-corrected chi connectivity index (χ2v) is 10.9. The van der Waals surface area contributed by atoms with E-state index in [2.05, 4.69) is 5.10 Å². The zero-order valence-corrected chi connectivity index (χ0v) is 18.4. The summed E-state index contributed by atoms with van der Waals surface area (Å²) in [5.74, 6) is -0.589. The minimum Gasteiger partial charge on any atom is -0.461 e. The normalized spacial score (nSPS) is 28.2. The first-order chi connectivity index (χ1) is 13.8. The van der Waals surface area contributed by atoms with E-state index in [9.17, 15) is 13.8 Å². The molecular formula is C18H25N3O6S2. The van der Waals surface area contributed by atoms with Gasteiger partial charge in [0, 0.05) is 30.4 Å². The molecule has 9 nitrogen and oxygen atoms in total. The van der Waals surface area contributed by atoms with Crippen LogP contribution < -0.4 is 0 Å². The summed E-state index contributed by atoms with van der Waals surface area (Å²) in [5.41, 5.74) is 1.38. The number of carbonyl (C=O) groups is 2. The van der Waals surface area contributed by atoms with Gasteiger partial charge in [0.05, 0.1) is 24.6 Å². The van der Waals surface area contributed by atoms with Gasteiger partial charge < -0.3 is 9.64 Å². The fourth-order valence-corrected chi connectivity index (χ4v) is 6.60. The Hall–Kier alpha value is -1.43. The van der Waals surface area contributed by atoms with Crippen LogP contribution in [0.4, 0.5) is 0 Å². The number of aromatic nitrogens is 2. The Balaban J connectivity index is 1.47. The van der Waals surface area contributed by atoms with Crippen LogP contribution in [0, 0.1) is 0 Å². The van der Waals surface area contributed by atoms with Gasteiger partial charge in [0.1, 0.15) is 5.69 Å². The van der Waals surface area contributed by atoms with E-state index in [-0.39, 0.29) is 27.7 Å². The molecule has 0 atom stereocenters. The number of hydrogen-bond donors (Lipinski definition) is 0. The van der Waals surface area contributed by atoms with Gasteiger partial charge in [0.15, 0.2) is 5.69 Å². The average molecular weight is 444 g/mol. The number of amides is 1. The van der Waals surface area contributed by atoms with Gasteiger partial charge in [-0.2, -0.15) is 9.31 Å². The fraction of sp³-hybridized carbons (Fsp3) is 0.722. The summed E-state index contributed by atoms with van der Waals surface area (Å²) >= 11 is 0.0984. The molecule has 3 heterocycles. The van der Waals surface area contributed by atoms with Gasteiger partial charge >= 0.3 is 17.3 Å². The Morgan fingerprint density at radius 1 is 1.34 bits per heavy atom. The number of carbonyl (C=O) groups excluding carboxylic acids is 2. The summed E-state index contributed by atoms with van der Waals surface area (Å²) in [6.07, 6.45) is 2.59. The highest BCUT2D eigenvalue weighted by Gasteiger charge is 2.52. The van der Waals surface area contributed by atoms with Crippen LogP contribution in [0.25, 0.3) is 0 Å². The van der Waals surface area contributed by atoms with E-state index in [4.69, 9.17) is 13.1 Å². The summed E-state index contributed by atoms with van der Waals surface area (Å²) in [4.78, 5) is 27.2. The summed E-state index contributed by atoms with van der Waals surface area (Å²) < 4.78 is 27.9. The SMILES string of the molecule is CCOC(=O)c1nn(C)c2c1CCN(CC1(SC3(C)COS(=O)OC3)CC1)C2=O. The number of aryl methyl sites for hydroxylation is 1. The third-order valence-corrected chi connectivity index (χ3v) is 7.73. The topological polar surface area (TPSA) is 100.0 Å². The van der Waals surface area contributed by atoms with Crippen molar-refractivity contribution in [3.05, 3.63) is 17.0 Å². The molecule has 0 unspecified atom stereocenters. The van der Waals surface area contributed by atoms with E-state index >= 15 is 0 Å². The largest absolute Gasteiger partial charge is 0.461 e. The molecule has 0 radical (unpaired) electrons. The number of ether oxygens (including phenoxy) is 1. The molecule has 0 aromatic carbocycles. The van der Waals surface area contributed by atoms with Crippen molar-refractivity contribution in [1.82, 2.24) is 14.7 Å². The van der Waals surface area contributed by atoms with E-state index in [0.29, 0.717) is 44.0 Å². The first-order valence-electron chi connectivity index (χ1n) is 9.67. The lowest BCUT2D eigenvalue weighted by Gasteiger charge is -2.37. The van der Waals surface area contributed by atoms with Crippen LogP contribution in [0.15, 0.2) is 0 Å². The lowest BCUT2D eigenvalue weighted by Crippen LogP contribution is -2.46. The predicted molar refractivity (Wildman–Crippen MR) is 107 cm³/mol. The lowest BCUT2D eigenvalue weighted by molar-refractivity contribution is 0.0517. The van der Waals surface area contributed by atoms with Crippen LogP contribution in [0.1, 0.15) is 53.2 Å². The second-order valence-electron chi connectivity index (χ2n) is 7.96. The number of fused-ring (bicyclic) bond motifs is 1. The molecule has 0 spiro atoms. The van der Waals surface area contributed by atoms with Crippen LogP contribution in [0.3, 0.4) is 0 Å². The van der Waals surface area contributed by atoms with Crippen LogP contribution >= 0.6 is 11.8 Å². The molecule has 1 aromatic rings. The standard InChI is InChI=1S/C18H25N3O6S2/c1-4-25-16(23)13-12-5-8-21(15(22)14(12)20(3)19-13)9-18(6-7-18)28-17(2)10-26-29(24)27-11-17/h4-11H2,1-3H3. The molecule has 0 N–H and O–H groups in total. The van der Waals surface area contributed by atoms with Crippen molar-refractivity contribution in [2.45, 2.75) is 42.6 Å². The molecule has 11 heteroatoms. The lowest BCUT2D eigenvalue weighted by atomic mass is 10.0. The monoisotopic (exact) mass is 443 g/mol. The van der Waals surface area contributed by atoms with Crippen molar-refractivity contribution in [1.29, 1.82) is 0 Å². The quantitative estimate of drug-likeness (QED) is 0.606. The van der Waals surface area contributed by atoms with Gasteiger partial charge in [0.2, 0.25) is 0 Å². The highest BCUT2D eigenvalue weighted by Crippen LogP contribution is 2.55. The van der Waals surface area contributed by atoms with E-state index in [1.165, 1.54) is 4.68 Å². The van der Waals surface area contributed by atoms with Gasteiger partial charge in [-0.3, -0.25) is 17.8 Å². The molecule has 1 aliphatic carbocycles. The Morgan fingerprint density at radius 2 is 2.03 bits per heavy atom. The Morgan fingerprint density at radius 3 is 2.66 bits per heavy atom. The average Bonchev–Trinajstić information content (AvgIpc) is 3.33. The number of thioether (sulfide) groups is 1. The summed E-state index contributed by atoms with van der Waals surface area (Å²) in [6, 6.07) is 0. The second kappa shape index (κ2) is 7.68. The fourth-order valence-electron chi connectivity index (χ4n) is 3.87. The van der Waals surface area contributed by atoms with Crippen molar-refractivity contribution >= 4 is 35.0 Å². The third-order valence-electron chi connectivity index (χ3n) is 5.41. The molecule has 2 fully saturated rings. The Kier molecular flexibility index (Phi) is 5.51. The Labute approximate surface area is 176 Å². The number of hydrogen-bond acceptors (Lipinski definition) is 8.